The predicted molar refractivity (Wildman–Crippen MR) is 94.4 cm³/mol. The van der Waals surface area contributed by atoms with Gasteiger partial charge in [0.2, 0.25) is 0 Å². The first kappa shape index (κ1) is 16.0. The molecular weight excluding hydrogens is 286 g/mol. The van der Waals surface area contributed by atoms with Crippen LogP contribution in [0.25, 0.3) is 0 Å². The number of carbonyl (C=O) groups excluding carboxylic acids is 1. The zero-order valence-electron chi connectivity index (χ0n) is 15.3. The third-order valence-electron chi connectivity index (χ3n) is 4.22. The highest BCUT2D eigenvalue weighted by Crippen LogP contribution is 2.21. The average Bonchev–Trinajstić information content (AvgIpc) is 2.55. The molecule has 1 aromatic rings. The third kappa shape index (κ3) is 5.09. The van der Waals surface area contributed by atoms with Crippen LogP contribution in [-0.4, -0.2) is 49.6 Å². The van der Waals surface area contributed by atoms with E-state index in [-0.39, 0.29) is 17.4 Å². The molecule has 1 aliphatic rings. The Hall–Kier alpha value is -1.83. The summed E-state index contributed by atoms with van der Waals surface area (Å²) in [6, 6.07) is 7.25. The minimum absolute atomic E-state index is 0.0719. The van der Waals surface area contributed by atoms with Gasteiger partial charge in [-0.1, -0.05) is 26.7 Å². The van der Waals surface area contributed by atoms with Gasteiger partial charge in [0.1, 0.15) is 1.41 Å². The SMILES string of the molecule is [2H]N1CCN(CCNC(=O)c2ccc(C#C)cc2)CC1C(C)(C)C. The predicted octanol–water partition coefficient (Wildman–Crippen LogP) is 1.72. The molecule has 2 rings (SSSR count). The Labute approximate surface area is 141 Å². The van der Waals surface area contributed by atoms with Crippen molar-refractivity contribution in [1.29, 1.82) is 0 Å². The summed E-state index contributed by atoms with van der Waals surface area (Å²) >= 11 is 0. The molecule has 1 aromatic carbocycles. The maximum absolute atomic E-state index is 12.1. The van der Waals surface area contributed by atoms with Crippen molar-refractivity contribution in [3.63, 3.8) is 0 Å². The number of rotatable bonds is 4. The molecule has 1 aliphatic heterocycles. The lowest BCUT2D eigenvalue weighted by molar-refractivity contribution is 0.0936. The molecule has 0 spiro atoms. The van der Waals surface area contributed by atoms with E-state index in [1.165, 1.54) is 0 Å². The number of benzene rings is 1. The van der Waals surface area contributed by atoms with Crippen LogP contribution in [0.1, 0.15) is 36.7 Å². The molecule has 0 saturated carbocycles. The molecule has 1 saturated heterocycles. The van der Waals surface area contributed by atoms with Crippen molar-refractivity contribution >= 4 is 5.91 Å². The van der Waals surface area contributed by atoms with Gasteiger partial charge >= 0.3 is 0 Å². The van der Waals surface area contributed by atoms with E-state index in [9.17, 15) is 4.79 Å². The Morgan fingerprint density at radius 2 is 2.17 bits per heavy atom. The molecule has 1 unspecified atom stereocenters. The number of piperazine rings is 1. The fourth-order valence-electron chi connectivity index (χ4n) is 2.65. The fraction of sp³-hybridized carbons (Fsp3) is 0.526. The van der Waals surface area contributed by atoms with Crippen molar-refractivity contribution in [3.8, 4) is 12.3 Å². The van der Waals surface area contributed by atoms with E-state index in [1.807, 2.05) is 0 Å². The molecule has 0 radical (unpaired) electrons. The highest BCUT2D eigenvalue weighted by molar-refractivity contribution is 5.94. The maximum Gasteiger partial charge on any atom is 0.251 e. The topological polar surface area (TPSA) is 44.4 Å². The Kier molecular flexibility index (Phi) is 5.32. The molecule has 1 heterocycles. The van der Waals surface area contributed by atoms with Gasteiger partial charge in [0.25, 0.3) is 5.91 Å². The molecular formula is C19H27N3O. The molecule has 1 amide bonds. The summed E-state index contributed by atoms with van der Waals surface area (Å²) in [7, 11) is 0. The van der Waals surface area contributed by atoms with Crippen molar-refractivity contribution in [2.75, 3.05) is 32.7 Å². The monoisotopic (exact) mass is 314 g/mol. The van der Waals surface area contributed by atoms with E-state index in [2.05, 4.69) is 36.9 Å². The van der Waals surface area contributed by atoms with Crippen molar-refractivity contribution < 1.29 is 6.21 Å². The lowest BCUT2D eigenvalue weighted by Gasteiger charge is -2.40. The molecule has 0 bridgehead atoms. The number of nitrogens with zero attached hydrogens (tertiary/aromatic N) is 1. The van der Waals surface area contributed by atoms with Crippen LogP contribution in [-0.2, 0) is 0 Å². The van der Waals surface area contributed by atoms with Gasteiger partial charge in [-0.3, -0.25) is 9.69 Å². The zero-order chi connectivity index (χ0) is 17.7. The molecule has 1 fully saturated rings. The van der Waals surface area contributed by atoms with Gasteiger partial charge in [0.05, 0.1) is 0 Å². The van der Waals surface area contributed by atoms with Crippen molar-refractivity contribution in [2.45, 2.75) is 26.8 Å². The number of carbonyl (C=O) groups is 1. The van der Waals surface area contributed by atoms with E-state index >= 15 is 0 Å². The largest absolute Gasteiger partial charge is 0.351 e. The molecule has 124 valence electrons. The van der Waals surface area contributed by atoms with E-state index in [0.29, 0.717) is 12.1 Å². The number of hydrogen-bond acceptors (Lipinski definition) is 3. The quantitative estimate of drug-likeness (QED) is 0.832. The normalized spacial score (nSPS) is 20.6. The van der Waals surface area contributed by atoms with Crippen molar-refractivity contribution in [1.82, 2.24) is 15.5 Å². The minimum Gasteiger partial charge on any atom is -0.351 e. The fourth-order valence-corrected chi connectivity index (χ4v) is 2.65. The Balaban J connectivity index is 1.81. The lowest BCUT2D eigenvalue weighted by atomic mass is 9.85. The van der Waals surface area contributed by atoms with Gasteiger partial charge in [-0.2, -0.15) is 0 Å². The molecule has 4 nitrogen and oxygen atoms in total. The summed E-state index contributed by atoms with van der Waals surface area (Å²) in [5.41, 5.74) is 1.47. The highest BCUT2D eigenvalue weighted by Gasteiger charge is 2.28. The summed E-state index contributed by atoms with van der Waals surface area (Å²) in [5, 5.41) is 4.65. The first-order valence-electron chi connectivity index (χ1n) is 8.58. The van der Waals surface area contributed by atoms with E-state index in [4.69, 9.17) is 7.84 Å². The van der Waals surface area contributed by atoms with Gasteiger partial charge in [0, 0.05) is 49.9 Å². The van der Waals surface area contributed by atoms with Crippen LogP contribution < -0.4 is 10.6 Å². The van der Waals surface area contributed by atoms with E-state index in [1.54, 1.807) is 29.6 Å². The second-order valence-corrected chi connectivity index (χ2v) is 7.07. The van der Waals surface area contributed by atoms with Gasteiger partial charge < -0.3 is 10.6 Å². The van der Waals surface area contributed by atoms with Gasteiger partial charge in [0.15, 0.2) is 0 Å². The van der Waals surface area contributed by atoms with Crippen LogP contribution in [0, 0.1) is 17.8 Å². The number of terminal acetylenes is 1. The first-order chi connectivity index (χ1) is 11.3. The van der Waals surface area contributed by atoms with Crippen molar-refractivity contribution in [2.24, 2.45) is 5.41 Å². The Bertz CT molecular complexity index is 601. The third-order valence-corrected chi connectivity index (χ3v) is 4.22. The number of nitrogens with one attached hydrogen (secondary N) is 2. The van der Waals surface area contributed by atoms with E-state index in [0.717, 1.165) is 31.7 Å². The molecule has 0 aromatic heterocycles. The van der Waals surface area contributed by atoms with Gasteiger partial charge in [-0.05, 0) is 29.7 Å². The summed E-state index contributed by atoms with van der Waals surface area (Å²) < 4.78 is 8.09. The second kappa shape index (κ2) is 7.63. The molecule has 23 heavy (non-hydrogen) atoms. The average molecular weight is 314 g/mol. The zero-order valence-corrected chi connectivity index (χ0v) is 14.3. The molecule has 1 atom stereocenters. The summed E-state index contributed by atoms with van der Waals surface area (Å²) in [6.45, 7) is 10.4. The van der Waals surface area contributed by atoms with Crippen LogP contribution >= 0.6 is 0 Å². The number of hydrogen-bond donors (Lipinski definition) is 2. The van der Waals surface area contributed by atoms with Gasteiger partial charge in [-0.15, -0.1) is 6.42 Å². The first-order valence-corrected chi connectivity index (χ1v) is 8.14. The smallest absolute Gasteiger partial charge is 0.251 e. The lowest BCUT2D eigenvalue weighted by Crippen LogP contribution is -2.56. The van der Waals surface area contributed by atoms with Crippen molar-refractivity contribution in [3.05, 3.63) is 35.4 Å². The number of amides is 1. The van der Waals surface area contributed by atoms with E-state index < -0.39 is 0 Å². The van der Waals surface area contributed by atoms with Crippen LogP contribution in [0.15, 0.2) is 24.3 Å². The highest BCUT2D eigenvalue weighted by atomic mass is 16.1. The van der Waals surface area contributed by atoms with Gasteiger partial charge in [-0.25, -0.2) is 0 Å². The Morgan fingerprint density at radius 3 is 2.78 bits per heavy atom. The molecule has 0 aliphatic carbocycles. The van der Waals surface area contributed by atoms with Crippen LogP contribution in [0.3, 0.4) is 0 Å². The summed E-state index contributed by atoms with van der Waals surface area (Å²) in [4.78, 5) is 14.5. The molecule has 4 heteroatoms. The van der Waals surface area contributed by atoms with Crippen LogP contribution in [0.2, 0.25) is 1.41 Å². The summed E-state index contributed by atoms with van der Waals surface area (Å²) in [6.07, 6.45) is 5.32. The Morgan fingerprint density at radius 1 is 1.48 bits per heavy atom. The minimum atomic E-state index is -0.0786. The second-order valence-electron chi connectivity index (χ2n) is 7.07. The molecule has 2 N–H and O–H groups in total. The van der Waals surface area contributed by atoms with Crippen LogP contribution in [0.5, 0.6) is 0 Å². The maximum atomic E-state index is 12.1. The summed E-state index contributed by atoms with van der Waals surface area (Å²) in [5.74, 6) is 2.46. The standard InChI is InChI=1S/C19H27N3O/c1-5-15-6-8-16(9-7-15)18(23)21-11-13-22-12-10-20-17(14-22)19(2,3)4/h1,6-9,17,20H,10-14H2,2-4H3,(H,21,23)/i/hD. The van der Waals surface area contributed by atoms with Crippen LogP contribution in [0.4, 0.5) is 0 Å².